The Kier molecular flexibility index (Phi) is 3.49. The molecule has 0 atom stereocenters. The van der Waals surface area contributed by atoms with Gasteiger partial charge in [-0.25, -0.2) is 13.8 Å². The van der Waals surface area contributed by atoms with Crippen LogP contribution in [-0.4, -0.2) is 4.98 Å². The highest BCUT2D eigenvalue weighted by Gasteiger charge is 2.16. The average Bonchev–Trinajstić information content (AvgIpc) is 2.17. The smallest absolute Gasteiger partial charge is 0.265 e. The van der Waals surface area contributed by atoms with Gasteiger partial charge in [0.25, 0.3) is 6.43 Å². The summed E-state index contributed by atoms with van der Waals surface area (Å²) in [4.78, 5) is 3.79. The average molecular weight is 262 g/mol. The molecule has 0 aliphatic heterocycles. The fraction of sp³-hybridized carbons (Fsp3) is 0.250. The molecule has 0 saturated carbocycles. The van der Waals surface area contributed by atoms with Gasteiger partial charge in [-0.2, -0.15) is 5.26 Å². The molecule has 0 amide bonds. The molecule has 0 aromatic carbocycles. The highest BCUT2D eigenvalue weighted by Crippen LogP contribution is 2.29. The van der Waals surface area contributed by atoms with Gasteiger partial charge < -0.3 is 5.73 Å². The van der Waals surface area contributed by atoms with E-state index < -0.39 is 6.43 Å². The van der Waals surface area contributed by atoms with E-state index in [2.05, 4.69) is 20.9 Å². The van der Waals surface area contributed by atoms with E-state index in [1.54, 1.807) is 6.07 Å². The minimum Gasteiger partial charge on any atom is -0.325 e. The third kappa shape index (κ3) is 2.05. The van der Waals surface area contributed by atoms with Crippen LogP contribution in [0.5, 0.6) is 0 Å². The zero-order valence-corrected chi connectivity index (χ0v) is 8.55. The van der Waals surface area contributed by atoms with E-state index in [9.17, 15) is 8.78 Å². The van der Waals surface area contributed by atoms with Crippen LogP contribution in [0.2, 0.25) is 0 Å². The van der Waals surface area contributed by atoms with Crippen LogP contribution in [0.4, 0.5) is 8.78 Å². The van der Waals surface area contributed by atoms with Crippen LogP contribution in [0.25, 0.3) is 0 Å². The maximum Gasteiger partial charge on any atom is 0.265 e. The summed E-state index contributed by atoms with van der Waals surface area (Å²) in [5.41, 5.74) is 5.26. The summed E-state index contributed by atoms with van der Waals surface area (Å²) in [7, 11) is 0. The SMILES string of the molecule is N#Cc1cc(C(F)F)c(Br)c(CN)n1. The molecule has 0 spiro atoms. The van der Waals surface area contributed by atoms with E-state index in [0.717, 1.165) is 6.07 Å². The summed E-state index contributed by atoms with van der Waals surface area (Å²) in [6.07, 6.45) is -2.65. The molecule has 1 aromatic heterocycles. The molecule has 1 rings (SSSR count). The van der Waals surface area contributed by atoms with Gasteiger partial charge in [0.15, 0.2) is 0 Å². The zero-order chi connectivity index (χ0) is 10.7. The molecule has 0 bridgehead atoms. The largest absolute Gasteiger partial charge is 0.325 e. The number of pyridine rings is 1. The summed E-state index contributed by atoms with van der Waals surface area (Å²) < 4.78 is 25.1. The Morgan fingerprint density at radius 1 is 1.64 bits per heavy atom. The maximum absolute atomic E-state index is 12.5. The molecule has 0 aliphatic rings. The molecule has 1 aromatic rings. The Morgan fingerprint density at radius 3 is 2.71 bits per heavy atom. The van der Waals surface area contributed by atoms with Gasteiger partial charge in [0.05, 0.1) is 5.69 Å². The molecule has 74 valence electrons. The van der Waals surface area contributed by atoms with Gasteiger partial charge in [-0.15, -0.1) is 0 Å². The Bertz CT molecular complexity index is 387. The van der Waals surface area contributed by atoms with Gasteiger partial charge in [0, 0.05) is 16.6 Å². The fourth-order valence-electron chi connectivity index (χ4n) is 0.955. The third-order valence-corrected chi connectivity index (χ3v) is 2.51. The van der Waals surface area contributed by atoms with Crippen molar-refractivity contribution in [1.29, 1.82) is 5.26 Å². The Labute approximate surface area is 87.7 Å². The van der Waals surface area contributed by atoms with Crippen LogP contribution < -0.4 is 5.73 Å². The molecule has 0 saturated heterocycles. The van der Waals surface area contributed by atoms with E-state index in [4.69, 9.17) is 11.0 Å². The number of hydrogen-bond acceptors (Lipinski definition) is 3. The first-order valence-corrected chi connectivity index (χ1v) is 4.47. The van der Waals surface area contributed by atoms with E-state index in [1.165, 1.54) is 0 Å². The van der Waals surface area contributed by atoms with Crippen molar-refractivity contribution in [2.24, 2.45) is 5.73 Å². The normalized spacial score (nSPS) is 10.3. The number of alkyl halides is 2. The summed E-state index contributed by atoms with van der Waals surface area (Å²) in [6.45, 7) is 0.00975. The highest BCUT2D eigenvalue weighted by atomic mass is 79.9. The van der Waals surface area contributed by atoms with Crippen molar-refractivity contribution in [2.75, 3.05) is 0 Å². The van der Waals surface area contributed by atoms with E-state index in [-0.39, 0.29) is 28.0 Å². The summed E-state index contributed by atoms with van der Waals surface area (Å²) in [5, 5.41) is 8.54. The molecule has 14 heavy (non-hydrogen) atoms. The molecule has 0 aliphatic carbocycles. The number of nitrogens with zero attached hydrogens (tertiary/aromatic N) is 2. The molecule has 2 N–H and O–H groups in total. The van der Waals surface area contributed by atoms with Crippen LogP contribution >= 0.6 is 15.9 Å². The van der Waals surface area contributed by atoms with Crippen LogP contribution in [0.1, 0.15) is 23.4 Å². The quantitative estimate of drug-likeness (QED) is 0.887. The molecule has 1 heterocycles. The number of halogens is 3. The van der Waals surface area contributed by atoms with Crippen molar-refractivity contribution in [1.82, 2.24) is 4.98 Å². The lowest BCUT2D eigenvalue weighted by Crippen LogP contribution is -2.05. The summed E-state index contributed by atoms with van der Waals surface area (Å²) in [5.74, 6) is 0. The first-order valence-electron chi connectivity index (χ1n) is 3.67. The Balaban J connectivity index is 3.36. The highest BCUT2D eigenvalue weighted by molar-refractivity contribution is 9.10. The molecule has 3 nitrogen and oxygen atoms in total. The second kappa shape index (κ2) is 4.44. The van der Waals surface area contributed by atoms with Gasteiger partial charge in [0.2, 0.25) is 0 Å². The minimum atomic E-state index is -2.65. The minimum absolute atomic E-state index is 0.00975. The molecule has 6 heteroatoms. The fourth-order valence-corrected chi connectivity index (χ4v) is 1.49. The summed E-state index contributed by atoms with van der Waals surface area (Å²) >= 11 is 2.97. The second-order valence-electron chi connectivity index (χ2n) is 2.47. The first kappa shape index (κ1) is 11.0. The number of nitrogens with two attached hydrogens (primary N) is 1. The van der Waals surface area contributed by atoms with Crippen LogP contribution in [0, 0.1) is 11.3 Å². The van der Waals surface area contributed by atoms with Gasteiger partial charge in [-0.05, 0) is 22.0 Å². The van der Waals surface area contributed by atoms with Crippen molar-refractivity contribution in [3.63, 3.8) is 0 Å². The third-order valence-electron chi connectivity index (χ3n) is 1.60. The van der Waals surface area contributed by atoms with Crippen molar-refractivity contribution in [3.05, 3.63) is 27.5 Å². The van der Waals surface area contributed by atoms with Crippen LogP contribution in [-0.2, 0) is 6.54 Å². The van der Waals surface area contributed by atoms with Crippen LogP contribution in [0.3, 0.4) is 0 Å². The second-order valence-corrected chi connectivity index (χ2v) is 3.27. The summed E-state index contributed by atoms with van der Waals surface area (Å²) in [6, 6.07) is 2.75. The standard InChI is InChI=1S/C8H6BrF2N3/c9-7-5(8(10)11)1-4(2-12)14-6(7)3-13/h1,8H,3,13H2. The molecular weight excluding hydrogens is 256 g/mol. The van der Waals surface area contributed by atoms with Crippen LogP contribution in [0.15, 0.2) is 10.5 Å². The predicted molar refractivity (Wildman–Crippen MR) is 49.5 cm³/mol. The first-order chi connectivity index (χ1) is 6.60. The number of aromatic nitrogens is 1. The lowest BCUT2D eigenvalue weighted by molar-refractivity contribution is 0.150. The molecule has 0 unspecified atom stereocenters. The van der Waals surface area contributed by atoms with Crippen molar-refractivity contribution < 1.29 is 8.78 Å². The monoisotopic (exact) mass is 261 g/mol. The lowest BCUT2D eigenvalue weighted by atomic mass is 10.2. The van der Waals surface area contributed by atoms with Gasteiger partial charge in [-0.3, -0.25) is 0 Å². The van der Waals surface area contributed by atoms with Crippen molar-refractivity contribution >= 4 is 15.9 Å². The maximum atomic E-state index is 12.5. The van der Waals surface area contributed by atoms with E-state index in [1.807, 2.05) is 0 Å². The molecule has 0 fully saturated rings. The van der Waals surface area contributed by atoms with Gasteiger partial charge in [-0.1, -0.05) is 0 Å². The topological polar surface area (TPSA) is 62.7 Å². The molecular formula is C8H6BrF2N3. The van der Waals surface area contributed by atoms with E-state index >= 15 is 0 Å². The molecule has 0 radical (unpaired) electrons. The van der Waals surface area contributed by atoms with Gasteiger partial charge in [0.1, 0.15) is 11.8 Å². The number of hydrogen-bond donors (Lipinski definition) is 1. The Morgan fingerprint density at radius 2 is 2.29 bits per heavy atom. The zero-order valence-electron chi connectivity index (χ0n) is 6.97. The van der Waals surface area contributed by atoms with Crippen molar-refractivity contribution in [2.45, 2.75) is 13.0 Å². The van der Waals surface area contributed by atoms with Gasteiger partial charge >= 0.3 is 0 Å². The lowest BCUT2D eigenvalue weighted by Gasteiger charge is -2.07. The predicted octanol–water partition coefficient (Wildman–Crippen LogP) is 2.11. The Hall–Kier alpha value is -1.06. The number of rotatable bonds is 2. The van der Waals surface area contributed by atoms with Crippen molar-refractivity contribution in [3.8, 4) is 6.07 Å². The van der Waals surface area contributed by atoms with E-state index in [0.29, 0.717) is 0 Å². The number of nitriles is 1.